The number of benzene rings is 1. The van der Waals surface area contributed by atoms with Crippen molar-refractivity contribution in [1.29, 1.82) is 0 Å². The first-order valence-corrected chi connectivity index (χ1v) is 10.4. The molecule has 158 valence electrons. The number of carbonyl (C=O) groups is 2. The molecule has 0 fully saturated rings. The molecule has 0 atom stereocenters. The maximum absolute atomic E-state index is 13.1. The summed E-state index contributed by atoms with van der Waals surface area (Å²) in [6.45, 7) is 12.1. The van der Waals surface area contributed by atoms with Crippen molar-refractivity contribution in [3.63, 3.8) is 0 Å². The predicted molar refractivity (Wildman–Crippen MR) is 118 cm³/mol. The molecular weight excluding hydrogens is 352 g/mol. The van der Waals surface area contributed by atoms with Gasteiger partial charge in [-0.3, -0.25) is 4.79 Å². The van der Waals surface area contributed by atoms with E-state index in [0.29, 0.717) is 19.0 Å². The molecule has 0 spiro atoms. The molecular formula is C22H38N4O2. The highest BCUT2D eigenvalue weighted by Gasteiger charge is 2.23. The Labute approximate surface area is 170 Å². The summed E-state index contributed by atoms with van der Waals surface area (Å²) in [4.78, 5) is 29.0. The fourth-order valence-electron chi connectivity index (χ4n) is 3.34. The summed E-state index contributed by atoms with van der Waals surface area (Å²) >= 11 is 0. The second-order valence-electron chi connectivity index (χ2n) is 7.85. The van der Waals surface area contributed by atoms with Crippen LogP contribution in [0.3, 0.4) is 0 Å². The highest BCUT2D eigenvalue weighted by Crippen LogP contribution is 2.26. The van der Waals surface area contributed by atoms with E-state index in [1.807, 2.05) is 49.0 Å². The molecule has 28 heavy (non-hydrogen) atoms. The lowest BCUT2D eigenvalue weighted by Gasteiger charge is -2.30. The van der Waals surface area contributed by atoms with Gasteiger partial charge in [0.2, 0.25) is 5.91 Å². The van der Waals surface area contributed by atoms with Crippen LogP contribution in [-0.2, 0) is 11.3 Å². The highest BCUT2D eigenvalue weighted by atomic mass is 16.2. The third-order valence-electron chi connectivity index (χ3n) is 4.75. The molecule has 1 rings (SSSR count). The Morgan fingerprint density at radius 2 is 1.71 bits per heavy atom. The third kappa shape index (κ3) is 7.06. The van der Waals surface area contributed by atoms with Crippen molar-refractivity contribution in [2.75, 3.05) is 37.4 Å². The molecule has 6 heteroatoms. The Hall–Kier alpha value is -2.24. The van der Waals surface area contributed by atoms with E-state index < -0.39 is 0 Å². The average Bonchev–Trinajstić information content (AvgIpc) is 2.61. The van der Waals surface area contributed by atoms with Crippen molar-refractivity contribution < 1.29 is 9.59 Å². The zero-order chi connectivity index (χ0) is 21.3. The van der Waals surface area contributed by atoms with Gasteiger partial charge in [0.25, 0.3) is 0 Å². The maximum atomic E-state index is 13.1. The smallest absolute Gasteiger partial charge is 0.319 e. The molecule has 0 bridgehead atoms. The predicted octanol–water partition coefficient (Wildman–Crippen LogP) is 4.31. The normalized spacial score (nSPS) is 10.9. The summed E-state index contributed by atoms with van der Waals surface area (Å²) in [5.41, 5.74) is 2.80. The summed E-state index contributed by atoms with van der Waals surface area (Å²) < 4.78 is 0. The molecule has 6 nitrogen and oxygen atoms in total. The molecule has 0 saturated carbocycles. The molecule has 0 aliphatic rings. The van der Waals surface area contributed by atoms with E-state index in [-0.39, 0.29) is 17.9 Å². The van der Waals surface area contributed by atoms with Crippen molar-refractivity contribution in [1.82, 2.24) is 10.2 Å². The number of urea groups is 1. The summed E-state index contributed by atoms with van der Waals surface area (Å²) in [5.74, 6) is 0.654. The fraction of sp³-hybridized carbons (Fsp3) is 0.636. The van der Waals surface area contributed by atoms with E-state index in [9.17, 15) is 9.59 Å². The van der Waals surface area contributed by atoms with E-state index in [1.165, 1.54) is 0 Å². The van der Waals surface area contributed by atoms with Crippen LogP contribution in [0.2, 0.25) is 0 Å². The van der Waals surface area contributed by atoms with Crippen molar-refractivity contribution in [3.05, 3.63) is 23.8 Å². The Kier molecular flexibility index (Phi) is 9.83. The first-order chi connectivity index (χ1) is 13.2. The minimum Gasteiger partial charge on any atom is -0.377 e. The molecule has 0 radical (unpaired) electrons. The van der Waals surface area contributed by atoms with Crippen LogP contribution in [0.1, 0.15) is 53.0 Å². The SMILES string of the molecule is CCNC(=O)Nc1ccc(N(C)C)c(CN(CC(C)C)C(=O)C(CC)CC)c1. The van der Waals surface area contributed by atoms with Gasteiger partial charge in [-0.15, -0.1) is 0 Å². The van der Waals surface area contributed by atoms with Gasteiger partial charge in [-0.2, -0.15) is 0 Å². The Balaban J connectivity index is 3.19. The van der Waals surface area contributed by atoms with Crippen molar-refractivity contribution in [2.24, 2.45) is 11.8 Å². The molecule has 0 aliphatic carbocycles. The van der Waals surface area contributed by atoms with Crippen LogP contribution in [0.5, 0.6) is 0 Å². The minimum absolute atomic E-state index is 0.0539. The molecule has 2 N–H and O–H groups in total. The number of hydrogen-bond donors (Lipinski definition) is 2. The lowest BCUT2D eigenvalue weighted by atomic mass is 10.00. The molecule has 0 heterocycles. The van der Waals surface area contributed by atoms with Crippen molar-refractivity contribution >= 4 is 23.3 Å². The molecule has 0 unspecified atom stereocenters. The van der Waals surface area contributed by atoms with Gasteiger partial charge in [0.1, 0.15) is 0 Å². The number of rotatable bonds is 10. The highest BCUT2D eigenvalue weighted by molar-refractivity contribution is 5.89. The standard InChI is InChI=1S/C22H38N4O2/c1-8-17(9-2)21(27)26(14-16(4)5)15-18-13-19(24-22(28)23-10-3)11-12-20(18)25(6)7/h11-13,16-17H,8-10,14-15H2,1-7H3,(H2,23,24,28). The topological polar surface area (TPSA) is 64.7 Å². The van der Waals surface area contributed by atoms with Crippen LogP contribution in [-0.4, -0.2) is 44.0 Å². The molecule has 3 amide bonds. The van der Waals surface area contributed by atoms with Crippen molar-refractivity contribution in [3.8, 4) is 0 Å². The quantitative estimate of drug-likeness (QED) is 0.625. The van der Waals surface area contributed by atoms with Crippen LogP contribution in [0, 0.1) is 11.8 Å². The van der Waals surface area contributed by atoms with Gasteiger partial charge >= 0.3 is 6.03 Å². The molecule has 0 saturated heterocycles. The summed E-state index contributed by atoms with van der Waals surface area (Å²) in [7, 11) is 3.98. The number of nitrogens with zero attached hydrogens (tertiary/aromatic N) is 2. The average molecular weight is 391 g/mol. The van der Waals surface area contributed by atoms with Crippen molar-refractivity contribution in [2.45, 2.75) is 54.0 Å². The van der Waals surface area contributed by atoms with Gasteiger partial charge in [-0.25, -0.2) is 4.79 Å². The van der Waals surface area contributed by atoms with E-state index in [2.05, 4.69) is 38.3 Å². The van der Waals surface area contributed by atoms with Gasteiger partial charge < -0.3 is 20.4 Å². The summed E-state index contributed by atoms with van der Waals surface area (Å²) in [6.07, 6.45) is 1.70. The zero-order valence-corrected chi connectivity index (χ0v) is 18.6. The maximum Gasteiger partial charge on any atom is 0.319 e. The van der Waals surface area contributed by atoms with Crippen LogP contribution in [0.15, 0.2) is 18.2 Å². The number of carbonyl (C=O) groups excluding carboxylic acids is 2. The minimum atomic E-state index is -0.224. The number of nitrogens with one attached hydrogen (secondary N) is 2. The van der Waals surface area contributed by atoms with E-state index >= 15 is 0 Å². The Morgan fingerprint density at radius 1 is 1.07 bits per heavy atom. The second-order valence-corrected chi connectivity index (χ2v) is 7.85. The van der Waals surface area contributed by atoms with E-state index in [1.54, 1.807) is 0 Å². The van der Waals surface area contributed by atoms with E-state index in [4.69, 9.17) is 0 Å². The van der Waals surface area contributed by atoms with Gasteiger partial charge in [0, 0.05) is 51.0 Å². The van der Waals surface area contributed by atoms with Gasteiger partial charge in [0.05, 0.1) is 0 Å². The first kappa shape index (κ1) is 23.8. The monoisotopic (exact) mass is 390 g/mol. The summed E-state index contributed by atoms with van der Waals surface area (Å²) in [6, 6.07) is 5.63. The second kappa shape index (κ2) is 11.6. The van der Waals surface area contributed by atoms with Gasteiger partial charge in [-0.1, -0.05) is 27.7 Å². The number of hydrogen-bond acceptors (Lipinski definition) is 3. The van der Waals surface area contributed by atoms with Gasteiger partial charge in [0.15, 0.2) is 0 Å². The van der Waals surface area contributed by atoms with E-state index in [0.717, 1.165) is 36.3 Å². The lowest BCUT2D eigenvalue weighted by Crippen LogP contribution is -2.38. The Bertz CT molecular complexity index is 639. The first-order valence-electron chi connectivity index (χ1n) is 10.4. The molecule has 1 aromatic carbocycles. The van der Waals surface area contributed by atoms with Crippen LogP contribution >= 0.6 is 0 Å². The third-order valence-corrected chi connectivity index (χ3v) is 4.75. The van der Waals surface area contributed by atoms with Gasteiger partial charge in [-0.05, 0) is 49.4 Å². The largest absolute Gasteiger partial charge is 0.377 e. The molecule has 0 aromatic heterocycles. The van der Waals surface area contributed by atoms with Crippen LogP contribution < -0.4 is 15.5 Å². The molecule has 0 aliphatic heterocycles. The zero-order valence-electron chi connectivity index (χ0n) is 18.6. The van der Waals surface area contributed by atoms with Crippen LogP contribution in [0.25, 0.3) is 0 Å². The fourth-order valence-corrected chi connectivity index (χ4v) is 3.34. The Morgan fingerprint density at radius 3 is 2.21 bits per heavy atom. The number of anilines is 2. The summed E-state index contributed by atoms with van der Waals surface area (Å²) in [5, 5.41) is 5.61. The lowest BCUT2D eigenvalue weighted by molar-refractivity contribution is -0.137. The molecule has 1 aromatic rings. The number of amides is 3. The van der Waals surface area contributed by atoms with Crippen LogP contribution in [0.4, 0.5) is 16.2 Å².